The van der Waals surface area contributed by atoms with Crippen molar-refractivity contribution in [1.82, 2.24) is 5.16 Å². The van der Waals surface area contributed by atoms with E-state index in [-0.39, 0.29) is 22.1 Å². The Hall–Kier alpha value is -2.62. The van der Waals surface area contributed by atoms with E-state index in [9.17, 15) is 18.5 Å². The van der Waals surface area contributed by atoms with Crippen molar-refractivity contribution in [3.63, 3.8) is 0 Å². The smallest absolute Gasteiger partial charge is 0.271 e. The van der Waals surface area contributed by atoms with Crippen LogP contribution in [0.4, 0.5) is 17.2 Å². The average Bonchev–Trinajstić information content (AvgIpc) is 2.91. The zero-order valence-corrected chi connectivity index (χ0v) is 11.8. The summed E-state index contributed by atoms with van der Waals surface area (Å²) in [6, 6.07) is 4.80. The topological polar surface area (TPSA) is 127 Å². The lowest BCUT2D eigenvalue weighted by Gasteiger charge is -2.11. The van der Waals surface area contributed by atoms with E-state index < -0.39 is 14.9 Å². The number of aromatic nitrogens is 1. The molecule has 0 aliphatic carbocycles. The number of non-ortho nitro benzene ring substituents is 1. The molecule has 2 rings (SSSR count). The molecule has 21 heavy (non-hydrogen) atoms. The Bertz CT molecular complexity index is 742. The van der Waals surface area contributed by atoms with Crippen molar-refractivity contribution in [2.45, 2.75) is 11.8 Å². The highest BCUT2D eigenvalue weighted by Gasteiger charge is 2.22. The van der Waals surface area contributed by atoms with Crippen molar-refractivity contribution in [2.75, 3.05) is 16.6 Å². The number of sulfonamides is 1. The van der Waals surface area contributed by atoms with Crippen LogP contribution in [0.5, 0.6) is 0 Å². The Morgan fingerprint density at radius 1 is 1.38 bits per heavy atom. The first-order valence-electron chi connectivity index (χ1n) is 5.89. The summed E-state index contributed by atoms with van der Waals surface area (Å²) in [4.78, 5) is 10.1. The number of hydrogen-bond acceptors (Lipinski definition) is 7. The maximum Gasteiger partial charge on any atom is 0.271 e. The molecule has 1 heterocycles. The lowest BCUT2D eigenvalue weighted by molar-refractivity contribution is -0.384. The minimum atomic E-state index is -3.94. The molecule has 0 aliphatic rings. The van der Waals surface area contributed by atoms with Gasteiger partial charge in [-0.3, -0.25) is 14.8 Å². The summed E-state index contributed by atoms with van der Waals surface area (Å²) in [5.41, 5.74) is -0.0611. The molecular formula is C11H12N4O5S. The van der Waals surface area contributed by atoms with Crippen LogP contribution in [0.1, 0.15) is 6.92 Å². The summed E-state index contributed by atoms with van der Waals surface area (Å²) in [5, 5.41) is 17.0. The summed E-state index contributed by atoms with van der Waals surface area (Å²) >= 11 is 0. The van der Waals surface area contributed by atoms with Gasteiger partial charge in [-0.15, -0.1) is 0 Å². The van der Waals surface area contributed by atoms with E-state index >= 15 is 0 Å². The van der Waals surface area contributed by atoms with Crippen molar-refractivity contribution < 1.29 is 17.9 Å². The minimum Gasteiger partial charge on any atom is -0.384 e. The Morgan fingerprint density at radius 2 is 2.14 bits per heavy atom. The van der Waals surface area contributed by atoms with Gasteiger partial charge < -0.3 is 9.84 Å². The fourth-order valence-electron chi connectivity index (χ4n) is 1.65. The van der Waals surface area contributed by atoms with Crippen LogP contribution < -0.4 is 10.0 Å². The zero-order chi connectivity index (χ0) is 15.5. The SMILES string of the molecule is CCNc1cc([N+](=O)[O-])ccc1S(=O)(=O)Nc1ccon1. The number of nitro groups is 1. The highest BCUT2D eigenvalue weighted by atomic mass is 32.2. The second kappa shape index (κ2) is 5.79. The normalized spacial score (nSPS) is 11.1. The van der Waals surface area contributed by atoms with Crippen LogP contribution >= 0.6 is 0 Å². The Balaban J connectivity index is 2.44. The summed E-state index contributed by atoms with van der Waals surface area (Å²) in [5.74, 6) is 0.0239. The van der Waals surface area contributed by atoms with E-state index in [4.69, 9.17) is 0 Å². The van der Waals surface area contributed by atoms with Crippen molar-refractivity contribution in [3.8, 4) is 0 Å². The zero-order valence-electron chi connectivity index (χ0n) is 10.9. The van der Waals surface area contributed by atoms with Gasteiger partial charge in [0.15, 0.2) is 5.82 Å². The molecule has 1 aromatic heterocycles. The van der Waals surface area contributed by atoms with E-state index in [2.05, 4.69) is 19.7 Å². The molecule has 1 aromatic carbocycles. The second-order valence-electron chi connectivity index (χ2n) is 3.96. The van der Waals surface area contributed by atoms with Crippen molar-refractivity contribution in [1.29, 1.82) is 0 Å². The monoisotopic (exact) mass is 312 g/mol. The van der Waals surface area contributed by atoms with Crippen LogP contribution in [0.25, 0.3) is 0 Å². The average molecular weight is 312 g/mol. The van der Waals surface area contributed by atoms with Gasteiger partial charge in [0.05, 0.1) is 10.6 Å². The van der Waals surface area contributed by atoms with Gasteiger partial charge in [-0.25, -0.2) is 8.42 Å². The van der Waals surface area contributed by atoms with Crippen LogP contribution in [0.2, 0.25) is 0 Å². The molecule has 0 unspecified atom stereocenters. The van der Waals surface area contributed by atoms with Crippen LogP contribution in [0.15, 0.2) is 39.9 Å². The van der Waals surface area contributed by atoms with Gasteiger partial charge in [0, 0.05) is 24.7 Å². The molecule has 0 radical (unpaired) electrons. The predicted molar refractivity (Wildman–Crippen MR) is 74.6 cm³/mol. The first-order valence-corrected chi connectivity index (χ1v) is 7.38. The Labute approximate surface area is 120 Å². The molecular weight excluding hydrogens is 300 g/mol. The van der Waals surface area contributed by atoms with Gasteiger partial charge in [-0.2, -0.15) is 0 Å². The molecule has 9 nitrogen and oxygen atoms in total. The standard InChI is InChI=1S/C11H12N4O5S/c1-2-12-9-7-8(15(16)17)3-4-10(9)21(18,19)14-11-5-6-20-13-11/h3-7,12H,2H2,1H3,(H,13,14). The fourth-order valence-corrected chi connectivity index (χ4v) is 2.81. The molecule has 0 fully saturated rings. The quantitative estimate of drug-likeness (QED) is 0.615. The van der Waals surface area contributed by atoms with E-state index in [1.807, 2.05) is 0 Å². The molecule has 0 amide bonds. The number of nitro benzene ring substituents is 1. The van der Waals surface area contributed by atoms with Crippen LogP contribution in [0.3, 0.4) is 0 Å². The molecule has 10 heteroatoms. The van der Waals surface area contributed by atoms with Crippen molar-refractivity contribution in [2.24, 2.45) is 0 Å². The summed E-state index contributed by atoms with van der Waals surface area (Å²) in [7, 11) is -3.94. The van der Waals surface area contributed by atoms with E-state index in [0.29, 0.717) is 6.54 Å². The molecule has 0 saturated carbocycles. The summed E-state index contributed by atoms with van der Waals surface area (Å²) in [6.45, 7) is 2.16. The van der Waals surface area contributed by atoms with Gasteiger partial charge in [0.25, 0.3) is 15.7 Å². The largest absolute Gasteiger partial charge is 0.384 e. The van der Waals surface area contributed by atoms with Crippen molar-refractivity contribution in [3.05, 3.63) is 40.6 Å². The molecule has 0 aliphatic heterocycles. The van der Waals surface area contributed by atoms with E-state index in [0.717, 1.165) is 6.07 Å². The second-order valence-corrected chi connectivity index (χ2v) is 5.61. The lowest BCUT2D eigenvalue weighted by atomic mass is 10.3. The fraction of sp³-hybridized carbons (Fsp3) is 0.182. The highest BCUT2D eigenvalue weighted by Crippen LogP contribution is 2.27. The first kappa shape index (κ1) is 14.8. The number of anilines is 2. The Morgan fingerprint density at radius 3 is 2.71 bits per heavy atom. The maximum atomic E-state index is 12.3. The predicted octanol–water partition coefficient (Wildman–Crippen LogP) is 1.82. The molecule has 0 spiro atoms. The molecule has 112 valence electrons. The first-order chi connectivity index (χ1) is 9.94. The van der Waals surface area contributed by atoms with Gasteiger partial charge in [-0.05, 0) is 13.0 Å². The summed E-state index contributed by atoms with van der Waals surface area (Å²) in [6.07, 6.45) is 1.22. The number of rotatable bonds is 6. The van der Waals surface area contributed by atoms with E-state index in [1.165, 1.54) is 24.5 Å². The molecule has 2 N–H and O–H groups in total. The van der Waals surface area contributed by atoms with Crippen LogP contribution in [-0.4, -0.2) is 25.0 Å². The maximum absolute atomic E-state index is 12.3. The van der Waals surface area contributed by atoms with Crippen LogP contribution in [-0.2, 0) is 10.0 Å². The molecule has 2 aromatic rings. The van der Waals surface area contributed by atoms with Crippen LogP contribution in [0, 0.1) is 10.1 Å². The Kier molecular flexibility index (Phi) is 4.08. The number of benzene rings is 1. The number of nitrogens with one attached hydrogen (secondary N) is 2. The number of hydrogen-bond donors (Lipinski definition) is 2. The van der Waals surface area contributed by atoms with E-state index in [1.54, 1.807) is 6.92 Å². The third-order valence-corrected chi connectivity index (χ3v) is 3.92. The lowest BCUT2D eigenvalue weighted by Crippen LogP contribution is -2.15. The summed E-state index contributed by atoms with van der Waals surface area (Å²) < 4.78 is 31.3. The molecule has 0 atom stereocenters. The van der Waals surface area contributed by atoms with Gasteiger partial charge in [0.2, 0.25) is 0 Å². The van der Waals surface area contributed by atoms with Gasteiger partial charge in [0.1, 0.15) is 11.2 Å². The highest BCUT2D eigenvalue weighted by molar-refractivity contribution is 7.92. The van der Waals surface area contributed by atoms with Crippen molar-refractivity contribution >= 4 is 27.2 Å². The van der Waals surface area contributed by atoms with Gasteiger partial charge in [-0.1, -0.05) is 5.16 Å². The third kappa shape index (κ3) is 3.28. The third-order valence-electron chi connectivity index (χ3n) is 2.51. The minimum absolute atomic E-state index is 0.0239. The molecule has 0 saturated heterocycles. The molecule has 0 bridgehead atoms. The van der Waals surface area contributed by atoms with Gasteiger partial charge >= 0.3 is 0 Å². The number of nitrogens with zero attached hydrogens (tertiary/aromatic N) is 2.